The summed E-state index contributed by atoms with van der Waals surface area (Å²) >= 11 is 1.22. The second-order valence-electron chi connectivity index (χ2n) is 3.77. The van der Waals surface area contributed by atoms with Crippen molar-refractivity contribution in [1.29, 1.82) is 0 Å². The summed E-state index contributed by atoms with van der Waals surface area (Å²) < 4.78 is 27.7. The summed E-state index contributed by atoms with van der Waals surface area (Å²) in [5.74, 6) is 0. The lowest BCUT2D eigenvalue weighted by molar-refractivity contribution is 0.589. The maximum absolute atomic E-state index is 11.5. The molecule has 0 fully saturated rings. The lowest BCUT2D eigenvalue weighted by atomic mass is 10.1. The van der Waals surface area contributed by atoms with Crippen LogP contribution in [0.4, 0.5) is 10.8 Å². The molecule has 1 aromatic heterocycles. The van der Waals surface area contributed by atoms with Gasteiger partial charge in [0, 0.05) is 23.2 Å². The Morgan fingerprint density at radius 2 is 2.21 bits per heavy atom. The van der Waals surface area contributed by atoms with E-state index in [4.69, 9.17) is 5.73 Å². The molecule has 6 nitrogen and oxygen atoms in total. The number of rotatable bonds is 5. The molecular formula is C11H14N4O2S2. The highest BCUT2D eigenvalue weighted by Crippen LogP contribution is 2.26. The second kappa shape index (κ2) is 5.55. The van der Waals surface area contributed by atoms with Crippen molar-refractivity contribution >= 4 is 32.4 Å². The standard InChI is InChI=1S/C11H14N4O2S2/c1-2-13-19(16,17)15-11-14-10(7-18-11)8-4-3-5-9(12)6-8/h3-7,13H,2,12H2,1H3,(H,14,15). The largest absolute Gasteiger partial charge is 0.399 e. The van der Waals surface area contributed by atoms with E-state index in [1.54, 1.807) is 24.4 Å². The number of thiazole rings is 1. The van der Waals surface area contributed by atoms with E-state index in [1.165, 1.54) is 11.3 Å². The zero-order valence-electron chi connectivity index (χ0n) is 10.3. The summed E-state index contributed by atoms with van der Waals surface area (Å²) in [4.78, 5) is 4.22. The molecule has 0 unspecified atom stereocenters. The lowest BCUT2D eigenvalue weighted by Gasteiger charge is -2.03. The molecule has 0 amide bonds. The number of anilines is 2. The minimum atomic E-state index is -3.54. The van der Waals surface area contributed by atoms with E-state index in [2.05, 4.69) is 14.4 Å². The maximum atomic E-state index is 11.5. The summed E-state index contributed by atoms with van der Waals surface area (Å²) in [5.41, 5.74) is 7.88. The summed E-state index contributed by atoms with van der Waals surface area (Å²) in [5, 5.41) is 2.09. The van der Waals surface area contributed by atoms with Crippen LogP contribution in [0.5, 0.6) is 0 Å². The molecule has 0 atom stereocenters. The number of nitrogen functional groups attached to an aromatic ring is 1. The fourth-order valence-corrected chi connectivity index (χ4v) is 3.30. The third-order valence-corrected chi connectivity index (χ3v) is 4.26. The number of nitrogens with one attached hydrogen (secondary N) is 2. The molecule has 1 aromatic carbocycles. The third kappa shape index (κ3) is 3.66. The van der Waals surface area contributed by atoms with Crippen molar-refractivity contribution in [3.8, 4) is 11.3 Å². The van der Waals surface area contributed by atoms with Gasteiger partial charge in [-0.05, 0) is 12.1 Å². The third-order valence-electron chi connectivity index (χ3n) is 2.24. The molecule has 0 aliphatic heterocycles. The number of hydrogen-bond donors (Lipinski definition) is 3. The Labute approximate surface area is 115 Å². The Bertz CT molecular complexity index is 667. The monoisotopic (exact) mass is 298 g/mol. The molecule has 102 valence electrons. The van der Waals surface area contributed by atoms with E-state index in [-0.39, 0.29) is 0 Å². The van der Waals surface area contributed by atoms with Crippen molar-refractivity contribution in [3.05, 3.63) is 29.6 Å². The molecule has 0 aliphatic rings. The zero-order chi connectivity index (χ0) is 13.9. The fraction of sp³-hybridized carbons (Fsp3) is 0.182. The van der Waals surface area contributed by atoms with Crippen LogP contribution in [0.3, 0.4) is 0 Å². The fourth-order valence-electron chi connectivity index (χ4n) is 1.49. The first-order chi connectivity index (χ1) is 9.00. The highest BCUT2D eigenvalue weighted by molar-refractivity contribution is 7.91. The van der Waals surface area contributed by atoms with E-state index in [0.717, 1.165) is 5.56 Å². The van der Waals surface area contributed by atoms with Gasteiger partial charge in [-0.2, -0.15) is 13.1 Å². The van der Waals surface area contributed by atoms with Gasteiger partial charge in [0.15, 0.2) is 5.13 Å². The van der Waals surface area contributed by atoms with Gasteiger partial charge in [0.1, 0.15) is 0 Å². The molecule has 0 spiro atoms. The van der Waals surface area contributed by atoms with Crippen molar-refractivity contribution in [2.45, 2.75) is 6.92 Å². The van der Waals surface area contributed by atoms with E-state index in [9.17, 15) is 8.42 Å². The number of nitrogens with two attached hydrogens (primary N) is 1. The van der Waals surface area contributed by atoms with Gasteiger partial charge in [0.05, 0.1) is 5.69 Å². The van der Waals surface area contributed by atoms with E-state index < -0.39 is 10.2 Å². The van der Waals surface area contributed by atoms with E-state index in [1.807, 2.05) is 12.1 Å². The van der Waals surface area contributed by atoms with Gasteiger partial charge in [-0.1, -0.05) is 19.1 Å². The minimum Gasteiger partial charge on any atom is -0.399 e. The molecule has 0 saturated heterocycles. The Morgan fingerprint density at radius 3 is 2.89 bits per heavy atom. The molecule has 8 heteroatoms. The molecule has 2 aromatic rings. The van der Waals surface area contributed by atoms with E-state index in [0.29, 0.717) is 23.1 Å². The lowest BCUT2D eigenvalue weighted by Crippen LogP contribution is -2.29. The van der Waals surface area contributed by atoms with Crippen LogP contribution in [-0.4, -0.2) is 19.9 Å². The predicted octanol–water partition coefficient (Wildman–Crippen LogP) is 1.66. The van der Waals surface area contributed by atoms with Crippen LogP contribution in [0.25, 0.3) is 11.3 Å². The highest BCUT2D eigenvalue weighted by Gasteiger charge is 2.11. The van der Waals surface area contributed by atoms with E-state index >= 15 is 0 Å². The Hall–Kier alpha value is -1.64. The van der Waals surface area contributed by atoms with Gasteiger partial charge in [0.2, 0.25) is 0 Å². The molecule has 19 heavy (non-hydrogen) atoms. The van der Waals surface area contributed by atoms with Crippen molar-refractivity contribution < 1.29 is 8.42 Å². The summed E-state index contributed by atoms with van der Waals surface area (Å²) in [6.07, 6.45) is 0. The molecule has 0 radical (unpaired) electrons. The quantitative estimate of drug-likeness (QED) is 0.731. The van der Waals surface area contributed by atoms with Crippen molar-refractivity contribution in [2.24, 2.45) is 0 Å². The molecule has 1 heterocycles. The SMILES string of the molecule is CCNS(=O)(=O)Nc1nc(-c2cccc(N)c2)cs1. The first kappa shape index (κ1) is 13.8. The molecule has 0 aliphatic carbocycles. The van der Waals surface area contributed by atoms with Crippen molar-refractivity contribution in [2.75, 3.05) is 17.0 Å². The van der Waals surface area contributed by atoms with Crippen LogP contribution in [0.1, 0.15) is 6.92 Å². The number of aromatic nitrogens is 1. The van der Waals surface area contributed by atoms with Crippen LogP contribution in [-0.2, 0) is 10.2 Å². The molecule has 0 saturated carbocycles. The number of hydrogen-bond acceptors (Lipinski definition) is 5. The summed E-state index contributed by atoms with van der Waals surface area (Å²) in [6, 6.07) is 7.27. The molecule has 0 bridgehead atoms. The van der Waals surface area contributed by atoms with Crippen LogP contribution >= 0.6 is 11.3 Å². The highest BCUT2D eigenvalue weighted by atomic mass is 32.2. The topological polar surface area (TPSA) is 97.1 Å². The van der Waals surface area contributed by atoms with Crippen LogP contribution in [0, 0.1) is 0 Å². The minimum absolute atomic E-state index is 0.318. The number of nitrogens with zero attached hydrogens (tertiary/aromatic N) is 1. The maximum Gasteiger partial charge on any atom is 0.300 e. The van der Waals surface area contributed by atoms with Crippen molar-refractivity contribution in [3.63, 3.8) is 0 Å². The second-order valence-corrected chi connectivity index (χ2v) is 6.12. The molecule has 2 rings (SSSR count). The summed E-state index contributed by atoms with van der Waals surface area (Å²) in [6.45, 7) is 2.03. The Balaban J connectivity index is 2.20. The first-order valence-corrected chi connectivity index (χ1v) is 7.95. The normalized spacial score (nSPS) is 11.4. The van der Waals surface area contributed by atoms with Crippen LogP contribution in [0.15, 0.2) is 29.6 Å². The molecule has 4 N–H and O–H groups in total. The average Bonchev–Trinajstić information content (AvgIpc) is 2.76. The van der Waals surface area contributed by atoms with Crippen LogP contribution < -0.4 is 15.2 Å². The predicted molar refractivity (Wildman–Crippen MR) is 78.2 cm³/mol. The average molecular weight is 298 g/mol. The zero-order valence-corrected chi connectivity index (χ0v) is 11.9. The van der Waals surface area contributed by atoms with Crippen molar-refractivity contribution in [1.82, 2.24) is 9.71 Å². The Morgan fingerprint density at radius 1 is 1.42 bits per heavy atom. The van der Waals surface area contributed by atoms with Gasteiger partial charge in [-0.25, -0.2) is 9.71 Å². The summed E-state index contributed by atoms with van der Waals surface area (Å²) in [7, 11) is -3.54. The van der Waals surface area contributed by atoms with Gasteiger partial charge in [-0.15, -0.1) is 11.3 Å². The first-order valence-electron chi connectivity index (χ1n) is 5.59. The van der Waals surface area contributed by atoms with Gasteiger partial charge in [-0.3, -0.25) is 0 Å². The van der Waals surface area contributed by atoms with Crippen LogP contribution in [0.2, 0.25) is 0 Å². The van der Waals surface area contributed by atoms with Gasteiger partial charge in [0.25, 0.3) is 0 Å². The Kier molecular flexibility index (Phi) is 4.03. The number of benzene rings is 1. The molecular weight excluding hydrogens is 284 g/mol. The van der Waals surface area contributed by atoms with Gasteiger partial charge < -0.3 is 5.73 Å². The smallest absolute Gasteiger partial charge is 0.300 e. The van der Waals surface area contributed by atoms with Gasteiger partial charge >= 0.3 is 10.2 Å².